The second-order valence-corrected chi connectivity index (χ2v) is 4.38. The van der Waals surface area contributed by atoms with Gasteiger partial charge in [0, 0.05) is 11.1 Å². The summed E-state index contributed by atoms with van der Waals surface area (Å²) >= 11 is 6.01. The van der Waals surface area contributed by atoms with Crippen molar-refractivity contribution in [1.29, 1.82) is 0 Å². The fourth-order valence-electron chi connectivity index (χ4n) is 1.61. The van der Waals surface area contributed by atoms with Crippen LogP contribution in [0.1, 0.15) is 15.9 Å². The van der Waals surface area contributed by atoms with Crippen molar-refractivity contribution in [2.45, 2.75) is 0 Å². The summed E-state index contributed by atoms with van der Waals surface area (Å²) in [6.07, 6.45) is 6.95. The molecular weight excluding hydrogens is 373 g/mol. The van der Waals surface area contributed by atoms with Gasteiger partial charge in [-0.1, -0.05) is 29.8 Å². The Hall–Kier alpha value is -1.20. The summed E-state index contributed by atoms with van der Waals surface area (Å²) in [7, 11) is 1.88. The van der Waals surface area contributed by atoms with Crippen LogP contribution in [0.2, 0.25) is 5.02 Å². The van der Waals surface area contributed by atoms with E-state index < -0.39 is 0 Å². The Kier molecular flexibility index (Phi) is 6.18. The van der Waals surface area contributed by atoms with E-state index in [1.165, 1.54) is 6.08 Å². The number of carbonyl (C=O) groups is 1. The topological polar surface area (TPSA) is 20.9 Å². The van der Waals surface area contributed by atoms with Crippen molar-refractivity contribution in [3.8, 4) is 0 Å². The average Bonchev–Trinajstić information content (AvgIpc) is 2.37. The summed E-state index contributed by atoms with van der Waals surface area (Å²) in [6, 6.07) is 11.1. The molecule has 4 heteroatoms. The van der Waals surface area contributed by atoms with Crippen LogP contribution in [0.4, 0.5) is 0 Å². The van der Waals surface area contributed by atoms with Crippen molar-refractivity contribution in [2.24, 2.45) is 7.05 Å². The number of aromatic nitrogens is 1. The Morgan fingerprint density at radius 3 is 2.63 bits per heavy atom. The van der Waals surface area contributed by atoms with Crippen molar-refractivity contribution >= 4 is 23.5 Å². The van der Waals surface area contributed by atoms with Gasteiger partial charge in [-0.3, -0.25) is 4.79 Å². The molecule has 0 atom stereocenters. The standard InChI is InChI=1S/C15H13ClNO.HI/c1-17-10-4-6-13(11-17)15(18)9-8-12-5-2-3-7-14(12)16;/h2-11H,1H3;1H/q+1;/p-1. The molecule has 1 aromatic heterocycles. The number of aryl methyl sites for hydroxylation is 1. The molecule has 0 N–H and O–H groups in total. The molecule has 0 saturated heterocycles. The number of rotatable bonds is 3. The molecule has 0 aliphatic rings. The Morgan fingerprint density at radius 2 is 1.95 bits per heavy atom. The molecule has 0 bridgehead atoms. The van der Waals surface area contributed by atoms with Crippen LogP contribution in [0.5, 0.6) is 0 Å². The first-order valence-electron chi connectivity index (χ1n) is 5.59. The molecule has 0 aliphatic carbocycles. The fourth-order valence-corrected chi connectivity index (χ4v) is 1.80. The number of ketones is 1. The Labute approximate surface area is 134 Å². The highest BCUT2D eigenvalue weighted by atomic mass is 127. The molecule has 0 fully saturated rings. The van der Waals surface area contributed by atoms with E-state index in [4.69, 9.17) is 11.6 Å². The zero-order chi connectivity index (χ0) is 13.0. The molecule has 19 heavy (non-hydrogen) atoms. The number of benzene rings is 1. The van der Waals surface area contributed by atoms with E-state index in [2.05, 4.69) is 0 Å². The highest BCUT2D eigenvalue weighted by Crippen LogP contribution is 2.16. The van der Waals surface area contributed by atoms with Gasteiger partial charge in [0.1, 0.15) is 7.05 Å². The van der Waals surface area contributed by atoms with Crippen LogP contribution in [0.3, 0.4) is 0 Å². The molecule has 0 spiro atoms. The Bertz CT molecular complexity index is 611. The maximum atomic E-state index is 11.9. The van der Waals surface area contributed by atoms with Gasteiger partial charge >= 0.3 is 0 Å². The third-order valence-corrected chi connectivity index (χ3v) is 2.89. The number of hydrogen-bond donors (Lipinski definition) is 0. The van der Waals surface area contributed by atoms with Crippen LogP contribution in [0, 0.1) is 0 Å². The number of halogens is 2. The molecule has 0 saturated carbocycles. The average molecular weight is 386 g/mol. The van der Waals surface area contributed by atoms with Crippen LogP contribution >= 0.6 is 11.6 Å². The lowest BCUT2D eigenvalue weighted by Gasteiger charge is -1.96. The molecule has 2 nitrogen and oxygen atoms in total. The van der Waals surface area contributed by atoms with Gasteiger partial charge in [-0.25, -0.2) is 4.57 Å². The molecule has 2 aromatic rings. The second-order valence-electron chi connectivity index (χ2n) is 3.98. The number of carbonyl (C=O) groups excluding carboxylic acids is 1. The maximum absolute atomic E-state index is 11.9. The quantitative estimate of drug-likeness (QED) is 0.317. The molecule has 1 aromatic carbocycles. The lowest BCUT2D eigenvalue weighted by molar-refractivity contribution is -0.671. The number of nitrogens with zero attached hydrogens (tertiary/aromatic N) is 1. The molecule has 0 amide bonds. The smallest absolute Gasteiger partial charge is 0.191 e. The third-order valence-electron chi connectivity index (χ3n) is 2.54. The van der Waals surface area contributed by atoms with E-state index in [1.54, 1.807) is 24.4 Å². The van der Waals surface area contributed by atoms with Crippen molar-refractivity contribution in [3.63, 3.8) is 0 Å². The third kappa shape index (κ3) is 4.44. The van der Waals surface area contributed by atoms with E-state index in [9.17, 15) is 4.79 Å². The van der Waals surface area contributed by atoms with Crippen molar-refractivity contribution in [3.05, 3.63) is 71.0 Å². The Morgan fingerprint density at radius 1 is 1.21 bits per heavy atom. The predicted molar refractivity (Wildman–Crippen MR) is 72.4 cm³/mol. The number of pyridine rings is 1. The van der Waals surface area contributed by atoms with E-state index in [0.29, 0.717) is 10.6 Å². The molecule has 0 radical (unpaired) electrons. The first-order chi connectivity index (χ1) is 8.66. The Balaban J connectivity index is 0.00000180. The SMILES string of the molecule is C[n+]1cccc(C(=O)C=Cc2ccccc2Cl)c1.[I-]. The molecule has 0 aliphatic heterocycles. The van der Waals surface area contributed by atoms with Crippen LogP contribution in [-0.4, -0.2) is 5.78 Å². The molecular formula is C15H13ClINO. The second kappa shape index (κ2) is 7.40. The van der Waals surface area contributed by atoms with Crippen molar-refractivity contribution in [1.82, 2.24) is 0 Å². The zero-order valence-corrected chi connectivity index (χ0v) is 13.3. The van der Waals surface area contributed by atoms with E-state index in [-0.39, 0.29) is 29.8 Å². The summed E-state index contributed by atoms with van der Waals surface area (Å²) in [6.45, 7) is 0. The molecule has 0 unspecified atom stereocenters. The maximum Gasteiger partial charge on any atom is 0.191 e. The largest absolute Gasteiger partial charge is 1.00 e. The van der Waals surface area contributed by atoms with Crippen LogP contribution < -0.4 is 28.5 Å². The van der Waals surface area contributed by atoms with Crippen molar-refractivity contribution in [2.75, 3.05) is 0 Å². The van der Waals surface area contributed by atoms with Gasteiger partial charge in [0.15, 0.2) is 18.2 Å². The minimum atomic E-state index is -0.0360. The highest BCUT2D eigenvalue weighted by molar-refractivity contribution is 6.32. The van der Waals surface area contributed by atoms with Crippen LogP contribution in [-0.2, 0) is 7.05 Å². The summed E-state index contributed by atoms with van der Waals surface area (Å²) in [4.78, 5) is 11.9. The first-order valence-corrected chi connectivity index (χ1v) is 5.97. The van der Waals surface area contributed by atoms with Gasteiger partial charge in [-0.05, 0) is 29.8 Å². The van der Waals surface area contributed by atoms with Crippen LogP contribution in [0.25, 0.3) is 6.08 Å². The predicted octanol–water partition coefficient (Wildman–Crippen LogP) is 0.0646. The summed E-state index contributed by atoms with van der Waals surface area (Å²) < 4.78 is 1.84. The minimum absolute atomic E-state index is 0. The zero-order valence-electron chi connectivity index (χ0n) is 10.4. The van der Waals surface area contributed by atoms with Gasteiger partial charge in [0.25, 0.3) is 0 Å². The number of allylic oxidation sites excluding steroid dienone is 1. The van der Waals surface area contributed by atoms with E-state index in [0.717, 1.165) is 5.56 Å². The summed E-state index contributed by atoms with van der Waals surface area (Å²) in [5.74, 6) is -0.0360. The summed E-state index contributed by atoms with van der Waals surface area (Å²) in [5.41, 5.74) is 1.50. The monoisotopic (exact) mass is 385 g/mol. The van der Waals surface area contributed by atoms with E-state index >= 15 is 0 Å². The minimum Gasteiger partial charge on any atom is -1.00 e. The van der Waals surface area contributed by atoms with Gasteiger partial charge in [0.05, 0.1) is 5.56 Å². The van der Waals surface area contributed by atoms with Gasteiger partial charge in [-0.15, -0.1) is 0 Å². The van der Waals surface area contributed by atoms with Crippen molar-refractivity contribution < 1.29 is 33.3 Å². The van der Waals surface area contributed by atoms with Gasteiger partial charge in [-0.2, -0.15) is 0 Å². The first kappa shape index (κ1) is 15.9. The van der Waals surface area contributed by atoms with E-state index in [1.807, 2.05) is 42.1 Å². The lowest BCUT2D eigenvalue weighted by atomic mass is 10.1. The number of hydrogen-bond acceptors (Lipinski definition) is 1. The van der Waals surface area contributed by atoms with Gasteiger partial charge < -0.3 is 24.0 Å². The highest BCUT2D eigenvalue weighted by Gasteiger charge is 2.05. The van der Waals surface area contributed by atoms with Gasteiger partial charge in [0.2, 0.25) is 0 Å². The van der Waals surface area contributed by atoms with Crippen LogP contribution in [0.15, 0.2) is 54.9 Å². The summed E-state index contributed by atoms with van der Waals surface area (Å²) in [5, 5.41) is 0.639. The molecule has 98 valence electrons. The molecule has 2 rings (SSSR count). The lowest BCUT2D eigenvalue weighted by Crippen LogP contribution is -3.00. The normalized spacial score (nSPS) is 10.2. The molecule has 1 heterocycles. The fraction of sp³-hybridized carbons (Fsp3) is 0.0667.